The molecule has 2 aromatic carbocycles. The van der Waals surface area contributed by atoms with Gasteiger partial charge in [-0.15, -0.1) is 0 Å². The summed E-state index contributed by atoms with van der Waals surface area (Å²) >= 11 is 2.08. The number of rotatable bonds is 4. The lowest BCUT2D eigenvalue weighted by Crippen LogP contribution is -2.13. The molecule has 22 heavy (non-hydrogen) atoms. The Labute approximate surface area is 140 Å². The van der Waals surface area contributed by atoms with Gasteiger partial charge in [0.05, 0.1) is 21.3 Å². The second-order valence-electron chi connectivity index (χ2n) is 4.56. The van der Waals surface area contributed by atoms with Crippen LogP contribution in [0, 0.1) is 20.6 Å². The van der Waals surface area contributed by atoms with Gasteiger partial charge in [-0.2, -0.15) is 0 Å². The lowest BCUT2D eigenvalue weighted by molar-refractivity contribution is -0.384. The first-order valence-corrected chi connectivity index (χ1v) is 7.40. The first-order valence-electron chi connectivity index (χ1n) is 6.32. The highest BCUT2D eigenvalue weighted by Gasteiger charge is 2.13. The van der Waals surface area contributed by atoms with Gasteiger partial charge in [0.15, 0.2) is 0 Å². The number of benzene rings is 2. The zero-order valence-corrected chi connectivity index (χ0v) is 14.1. The number of ether oxygens (including phenoxy) is 1. The van der Waals surface area contributed by atoms with Crippen molar-refractivity contribution in [1.29, 1.82) is 0 Å². The molecule has 0 radical (unpaired) electrons. The van der Waals surface area contributed by atoms with E-state index < -0.39 is 4.92 Å². The molecule has 0 heterocycles. The Morgan fingerprint density at radius 2 is 2.00 bits per heavy atom. The third-order valence-electron chi connectivity index (χ3n) is 3.09. The van der Waals surface area contributed by atoms with Crippen LogP contribution in [-0.4, -0.2) is 17.9 Å². The van der Waals surface area contributed by atoms with Gasteiger partial charge in [-0.25, -0.2) is 0 Å². The minimum atomic E-state index is -0.495. The standard InChI is InChI=1S/C15H13IN2O4/c1-9-3-5-11(18(20)21)8-13(9)17-15(19)10-4-6-14(22-2)12(16)7-10/h3-8H,1-2H3,(H,17,19). The number of hydrogen-bond donors (Lipinski definition) is 1. The molecule has 1 amide bonds. The highest BCUT2D eigenvalue weighted by molar-refractivity contribution is 14.1. The van der Waals surface area contributed by atoms with Gasteiger partial charge < -0.3 is 10.1 Å². The molecule has 0 aliphatic heterocycles. The van der Waals surface area contributed by atoms with Crippen LogP contribution in [0.25, 0.3) is 0 Å². The number of amides is 1. The quantitative estimate of drug-likeness (QED) is 0.471. The summed E-state index contributed by atoms with van der Waals surface area (Å²) in [6.07, 6.45) is 0. The van der Waals surface area contributed by atoms with Crippen molar-refractivity contribution < 1.29 is 14.5 Å². The maximum absolute atomic E-state index is 12.3. The molecule has 7 heteroatoms. The van der Waals surface area contributed by atoms with Gasteiger partial charge in [0.2, 0.25) is 0 Å². The Morgan fingerprint density at radius 3 is 2.59 bits per heavy atom. The fraction of sp³-hybridized carbons (Fsp3) is 0.133. The number of methoxy groups -OCH3 is 1. The van der Waals surface area contributed by atoms with E-state index >= 15 is 0 Å². The molecule has 0 bridgehead atoms. The largest absolute Gasteiger partial charge is 0.496 e. The number of carbonyl (C=O) groups excluding carboxylic acids is 1. The molecular weight excluding hydrogens is 399 g/mol. The van der Waals surface area contributed by atoms with Crippen molar-refractivity contribution >= 4 is 39.9 Å². The van der Waals surface area contributed by atoms with Crippen LogP contribution in [0.3, 0.4) is 0 Å². The summed E-state index contributed by atoms with van der Waals surface area (Å²) in [5.74, 6) is 0.354. The molecule has 2 rings (SSSR count). The van der Waals surface area contributed by atoms with E-state index in [2.05, 4.69) is 27.9 Å². The predicted molar refractivity (Wildman–Crippen MR) is 91.5 cm³/mol. The normalized spacial score (nSPS) is 10.1. The minimum absolute atomic E-state index is 0.0646. The molecule has 2 aromatic rings. The fourth-order valence-corrected chi connectivity index (χ4v) is 2.60. The molecule has 0 saturated carbocycles. The van der Waals surface area contributed by atoms with Gasteiger partial charge in [-0.05, 0) is 53.3 Å². The second-order valence-corrected chi connectivity index (χ2v) is 5.72. The summed E-state index contributed by atoms with van der Waals surface area (Å²) in [6, 6.07) is 9.40. The summed E-state index contributed by atoms with van der Waals surface area (Å²) < 4.78 is 5.95. The van der Waals surface area contributed by atoms with Crippen LogP contribution < -0.4 is 10.1 Å². The van der Waals surface area contributed by atoms with Crippen LogP contribution in [0.5, 0.6) is 5.75 Å². The number of nitrogens with zero attached hydrogens (tertiary/aromatic N) is 1. The smallest absolute Gasteiger partial charge is 0.271 e. The van der Waals surface area contributed by atoms with E-state index in [9.17, 15) is 14.9 Å². The second kappa shape index (κ2) is 6.73. The Hall–Kier alpha value is -2.16. The zero-order valence-electron chi connectivity index (χ0n) is 11.9. The number of nitro benzene ring substituents is 1. The number of anilines is 1. The molecule has 0 aromatic heterocycles. The maximum atomic E-state index is 12.3. The molecule has 0 aliphatic carbocycles. The molecule has 114 valence electrons. The van der Waals surface area contributed by atoms with Crippen LogP contribution in [0.15, 0.2) is 36.4 Å². The molecule has 6 nitrogen and oxygen atoms in total. The lowest BCUT2D eigenvalue weighted by atomic mass is 10.1. The van der Waals surface area contributed by atoms with Gasteiger partial charge in [-0.3, -0.25) is 14.9 Å². The number of hydrogen-bond acceptors (Lipinski definition) is 4. The molecule has 0 spiro atoms. The van der Waals surface area contributed by atoms with E-state index in [0.717, 1.165) is 9.13 Å². The number of nitro groups is 1. The summed E-state index contributed by atoms with van der Waals surface area (Å²) in [4.78, 5) is 22.6. The Balaban J connectivity index is 2.27. The van der Waals surface area contributed by atoms with Crippen LogP contribution >= 0.6 is 22.6 Å². The van der Waals surface area contributed by atoms with E-state index in [1.807, 2.05) is 0 Å². The van der Waals surface area contributed by atoms with Crippen molar-refractivity contribution in [3.8, 4) is 5.75 Å². The number of nitrogens with one attached hydrogen (secondary N) is 1. The fourth-order valence-electron chi connectivity index (χ4n) is 1.86. The minimum Gasteiger partial charge on any atom is -0.496 e. The highest BCUT2D eigenvalue weighted by Crippen LogP contribution is 2.24. The van der Waals surface area contributed by atoms with Crippen LogP contribution in [-0.2, 0) is 0 Å². The maximum Gasteiger partial charge on any atom is 0.271 e. The molecule has 0 unspecified atom stereocenters. The molecule has 0 saturated heterocycles. The lowest BCUT2D eigenvalue weighted by Gasteiger charge is -2.09. The van der Waals surface area contributed by atoms with Crippen molar-refractivity contribution in [3.05, 3.63) is 61.2 Å². The highest BCUT2D eigenvalue weighted by atomic mass is 127. The van der Waals surface area contributed by atoms with Gasteiger partial charge in [0.25, 0.3) is 11.6 Å². The number of non-ortho nitro benzene ring substituents is 1. The van der Waals surface area contributed by atoms with E-state index in [0.29, 0.717) is 17.0 Å². The third kappa shape index (κ3) is 3.53. The van der Waals surface area contributed by atoms with E-state index in [1.54, 1.807) is 38.3 Å². The Bertz CT molecular complexity index is 746. The summed E-state index contributed by atoms with van der Waals surface area (Å²) in [6.45, 7) is 1.77. The van der Waals surface area contributed by atoms with Crippen molar-refractivity contribution in [2.45, 2.75) is 6.92 Å². The first kappa shape index (κ1) is 16.2. The van der Waals surface area contributed by atoms with Crippen LogP contribution in [0.2, 0.25) is 0 Å². The van der Waals surface area contributed by atoms with Crippen molar-refractivity contribution in [2.24, 2.45) is 0 Å². The van der Waals surface area contributed by atoms with Gasteiger partial charge in [-0.1, -0.05) is 6.07 Å². The van der Waals surface area contributed by atoms with E-state index in [-0.39, 0.29) is 11.6 Å². The zero-order chi connectivity index (χ0) is 16.3. The third-order valence-corrected chi connectivity index (χ3v) is 3.94. The summed E-state index contributed by atoms with van der Waals surface area (Å²) in [5, 5.41) is 13.5. The summed E-state index contributed by atoms with van der Waals surface area (Å²) in [5.41, 5.74) is 1.56. The monoisotopic (exact) mass is 412 g/mol. The summed E-state index contributed by atoms with van der Waals surface area (Å²) in [7, 11) is 1.56. The number of carbonyl (C=O) groups is 1. The van der Waals surface area contributed by atoms with Gasteiger partial charge >= 0.3 is 0 Å². The van der Waals surface area contributed by atoms with Gasteiger partial charge in [0.1, 0.15) is 5.75 Å². The Kier molecular flexibility index (Phi) is 4.96. The molecule has 0 fully saturated rings. The SMILES string of the molecule is COc1ccc(C(=O)Nc2cc([N+](=O)[O-])ccc2C)cc1I. The van der Waals surface area contributed by atoms with E-state index in [1.165, 1.54) is 12.1 Å². The van der Waals surface area contributed by atoms with Crippen molar-refractivity contribution in [2.75, 3.05) is 12.4 Å². The molecule has 0 aliphatic rings. The van der Waals surface area contributed by atoms with Crippen molar-refractivity contribution in [3.63, 3.8) is 0 Å². The molecular formula is C15H13IN2O4. The average Bonchev–Trinajstić information content (AvgIpc) is 2.49. The number of aryl methyl sites for hydroxylation is 1. The van der Waals surface area contributed by atoms with E-state index in [4.69, 9.17) is 4.74 Å². The van der Waals surface area contributed by atoms with Crippen LogP contribution in [0.4, 0.5) is 11.4 Å². The van der Waals surface area contributed by atoms with Crippen LogP contribution in [0.1, 0.15) is 15.9 Å². The molecule has 0 atom stereocenters. The van der Waals surface area contributed by atoms with Gasteiger partial charge in [0, 0.05) is 17.7 Å². The Morgan fingerprint density at radius 1 is 1.27 bits per heavy atom. The number of halogens is 1. The predicted octanol–water partition coefficient (Wildman–Crippen LogP) is 3.77. The molecule has 1 N–H and O–H groups in total. The average molecular weight is 412 g/mol. The topological polar surface area (TPSA) is 81.5 Å². The van der Waals surface area contributed by atoms with Crippen molar-refractivity contribution in [1.82, 2.24) is 0 Å². The first-order chi connectivity index (χ1) is 10.4.